The summed E-state index contributed by atoms with van der Waals surface area (Å²) < 4.78 is 4.80. The summed E-state index contributed by atoms with van der Waals surface area (Å²) in [5.41, 5.74) is 16.8. The molecule has 56 heavy (non-hydrogen) atoms. The van der Waals surface area contributed by atoms with E-state index in [0.717, 1.165) is 5.69 Å². The summed E-state index contributed by atoms with van der Waals surface area (Å²) in [6, 6.07) is 79.5. The molecule has 2 heterocycles. The summed E-state index contributed by atoms with van der Waals surface area (Å²) in [6.07, 6.45) is 0. The number of nitrogens with zero attached hydrogens (tertiary/aromatic N) is 2. The van der Waals surface area contributed by atoms with Gasteiger partial charge < -0.3 is 9.13 Å². The maximum Gasteiger partial charge on any atom is 0.0547 e. The highest BCUT2D eigenvalue weighted by Gasteiger charge is 2.17. The minimum absolute atomic E-state index is 1.15. The van der Waals surface area contributed by atoms with Gasteiger partial charge in [-0.25, -0.2) is 0 Å². The normalized spacial score (nSPS) is 11.6. The van der Waals surface area contributed by atoms with Crippen molar-refractivity contribution >= 4 is 43.6 Å². The average Bonchev–Trinajstić information content (AvgIpc) is 3.79. The van der Waals surface area contributed by atoms with E-state index < -0.39 is 0 Å². The molecule has 0 saturated carbocycles. The lowest BCUT2D eigenvalue weighted by atomic mass is 9.93. The molecule has 0 amide bonds. The van der Waals surface area contributed by atoms with Crippen LogP contribution in [-0.4, -0.2) is 9.13 Å². The highest BCUT2D eigenvalue weighted by atomic mass is 15.0. The van der Waals surface area contributed by atoms with Gasteiger partial charge in [0.05, 0.1) is 22.1 Å². The van der Waals surface area contributed by atoms with E-state index in [1.807, 2.05) is 0 Å². The molecular formula is C54H36N2. The molecule has 0 saturated heterocycles. The summed E-state index contributed by atoms with van der Waals surface area (Å²) in [4.78, 5) is 0. The largest absolute Gasteiger partial charge is 0.309 e. The van der Waals surface area contributed by atoms with Crippen molar-refractivity contribution in [3.63, 3.8) is 0 Å². The summed E-state index contributed by atoms with van der Waals surface area (Å²) in [5, 5.41) is 4.99. The standard InChI is InChI=1S/C54H36N2/c1-5-15-37(16-6-1)42-31-43(38-17-7-2-8-18-38)33-44(32-42)41-25-28-48-50-35-40(27-30-53(50)56(54(48)36-41)46-21-11-4-12-22-46)39-26-29-52-49(34-39)47-23-13-14-24-51(47)55(52)45-19-9-3-10-20-45/h1-36H. The molecule has 11 aromatic rings. The highest BCUT2D eigenvalue weighted by molar-refractivity contribution is 6.13. The molecule has 0 spiro atoms. The fourth-order valence-corrected chi connectivity index (χ4v) is 8.63. The lowest BCUT2D eigenvalue weighted by molar-refractivity contribution is 1.18. The molecule has 11 rings (SSSR count). The molecule has 0 aliphatic heterocycles. The predicted molar refractivity (Wildman–Crippen MR) is 237 cm³/mol. The van der Waals surface area contributed by atoms with E-state index in [9.17, 15) is 0 Å². The van der Waals surface area contributed by atoms with Crippen molar-refractivity contribution in [2.24, 2.45) is 0 Å². The van der Waals surface area contributed by atoms with Gasteiger partial charge in [0.15, 0.2) is 0 Å². The topological polar surface area (TPSA) is 9.86 Å². The van der Waals surface area contributed by atoms with Crippen molar-refractivity contribution < 1.29 is 0 Å². The second-order valence-corrected chi connectivity index (χ2v) is 14.6. The van der Waals surface area contributed by atoms with Crippen LogP contribution >= 0.6 is 0 Å². The van der Waals surface area contributed by atoms with Crippen LogP contribution in [0.5, 0.6) is 0 Å². The molecule has 262 valence electrons. The summed E-state index contributed by atoms with van der Waals surface area (Å²) >= 11 is 0. The number of fused-ring (bicyclic) bond motifs is 6. The van der Waals surface area contributed by atoms with Crippen molar-refractivity contribution in [3.05, 3.63) is 218 Å². The molecule has 0 aliphatic carbocycles. The van der Waals surface area contributed by atoms with Gasteiger partial charge >= 0.3 is 0 Å². The molecular weight excluding hydrogens is 677 g/mol. The highest BCUT2D eigenvalue weighted by Crippen LogP contribution is 2.40. The van der Waals surface area contributed by atoms with Crippen LogP contribution in [-0.2, 0) is 0 Å². The molecule has 0 N–H and O–H groups in total. The first-order valence-corrected chi connectivity index (χ1v) is 19.3. The maximum atomic E-state index is 2.42. The van der Waals surface area contributed by atoms with E-state index in [0.29, 0.717) is 0 Å². The fourth-order valence-electron chi connectivity index (χ4n) is 8.63. The first kappa shape index (κ1) is 32.0. The molecule has 0 radical (unpaired) electrons. The van der Waals surface area contributed by atoms with Gasteiger partial charge in [0, 0.05) is 32.9 Å². The predicted octanol–water partition coefficient (Wildman–Crippen LogP) is 14.5. The number of para-hydroxylation sites is 3. The van der Waals surface area contributed by atoms with Crippen molar-refractivity contribution in [3.8, 4) is 55.9 Å². The van der Waals surface area contributed by atoms with Crippen LogP contribution in [0.3, 0.4) is 0 Å². The van der Waals surface area contributed by atoms with E-state index in [4.69, 9.17) is 0 Å². The Balaban J connectivity index is 1.10. The van der Waals surface area contributed by atoms with E-state index in [1.165, 1.54) is 93.8 Å². The van der Waals surface area contributed by atoms with Gasteiger partial charge in [-0.3, -0.25) is 0 Å². The second-order valence-electron chi connectivity index (χ2n) is 14.6. The van der Waals surface area contributed by atoms with Gasteiger partial charge in [0.2, 0.25) is 0 Å². The van der Waals surface area contributed by atoms with Crippen molar-refractivity contribution in [1.29, 1.82) is 0 Å². The van der Waals surface area contributed by atoms with E-state index in [2.05, 4.69) is 228 Å². The monoisotopic (exact) mass is 712 g/mol. The Bertz CT molecular complexity index is 3150. The maximum absolute atomic E-state index is 2.42. The molecule has 0 fully saturated rings. The Hall–Kier alpha value is -7.42. The van der Waals surface area contributed by atoms with Crippen LogP contribution in [0.25, 0.3) is 99.5 Å². The molecule has 0 bridgehead atoms. The van der Waals surface area contributed by atoms with Gasteiger partial charge in [-0.2, -0.15) is 0 Å². The van der Waals surface area contributed by atoms with E-state index >= 15 is 0 Å². The SMILES string of the molecule is c1ccc(-c2cc(-c3ccccc3)cc(-c3ccc4c5cc(-c6ccc7c(c6)c6ccccc6n7-c6ccccc6)ccc5n(-c5ccccc5)c4c3)c2)cc1. The summed E-state index contributed by atoms with van der Waals surface area (Å²) in [5.74, 6) is 0. The average molecular weight is 713 g/mol. The van der Waals surface area contributed by atoms with Gasteiger partial charge in [0.1, 0.15) is 0 Å². The number of aromatic nitrogens is 2. The third-order valence-corrected chi connectivity index (χ3v) is 11.3. The van der Waals surface area contributed by atoms with Crippen LogP contribution in [0.2, 0.25) is 0 Å². The zero-order valence-corrected chi connectivity index (χ0v) is 30.7. The molecule has 0 unspecified atom stereocenters. The van der Waals surface area contributed by atoms with Gasteiger partial charge in [0.25, 0.3) is 0 Å². The zero-order chi connectivity index (χ0) is 37.0. The molecule has 0 atom stereocenters. The first-order chi connectivity index (χ1) is 27.8. The van der Waals surface area contributed by atoms with E-state index in [-0.39, 0.29) is 0 Å². The minimum atomic E-state index is 1.15. The Labute approximate surface area is 325 Å². The number of hydrogen-bond donors (Lipinski definition) is 0. The number of rotatable bonds is 6. The van der Waals surface area contributed by atoms with Crippen molar-refractivity contribution in [1.82, 2.24) is 9.13 Å². The smallest absolute Gasteiger partial charge is 0.0547 e. The minimum Gasteiger partial charge on any atom is -0.309 e. The summed E-state index contributed by atoms with van der Waals surface area (Å²) in [7, 11) is 0. The Morgan fingerprint density at radius 2 is 0.571 bits per heavy atom. The van der Waals surface area contributed by atoms with Crippen molar-refractivity contribution in [2.75, 3.05) is 0 Å². The molecule has 2 heteroatoms. The number of hydrogen-bond acceptors (Lipinski definition) is 0. The van der Waals surface area contributed by atoms with Crippen molar-refractivity contribution in [2.45, 2.75) is 0 Å². The lowest BCUT2D eigenvalue weighted by Gasteiger charge is -2.12. The molecule has 2 aromatic heterocycles. The van der Waals surface area contributed by atoms with Crippen LogP contribution in [0.1, 0.15) is 0 Å². The fraction of sp³-hybridized carbons (Fsp3) is 0. The Morgan fingerprint density at radius 3 is 1.11 bits per heavy atom. The van der Waals surface area contributed by atoms with Gasteiger partial charge in [-0.1, -0.05) is 140 Å². The molecule has 0 aliphatic rings. The van der Waals surface area contributed by atoms with Crippen LogP contribution < -0.4 is 0 Å². The zero-order valence-electron chi connectivity index (χ0n) is 30.7. The quantitative estimate of drug-likeness (QED) is 0.162. The van der Waals surface area contributed by atoms with Crippen LogP contribution in [0.15, 0.2) is 218 Å². The van der Waals surface area contributed by atoms with Gasteiger partial charge in [-0.15, -0.1) is 0 Å². The second kappa shape index (κ2) is 13.2. The molecule has 9 aromatic carbocycles. The number of benzene rings is 9. The lowest BCUT2D eigenvalue weighted by Crippen LogP contribution is -1.94. The third kappa shape index (κ3) is 5.34. The Morgan fingerprint density at radius 1 is 0.196 bits per heavy atom. The third-order valence-electron chi connectivity index (χ3n) is 11.3. The Kier molecular flexibility index (Phi) is 7.53. The van der Waals surface area contributed by atoms with Crippen LogP contribution in [0, 0.1) is 0 Å². The van der Waals surface area contributed by atoms with Gasteiger partial charge in [-0.05, 0) is 123 Å². The van der Waals surface area contributed by atoms with E-state index in [1.54, 1.807) is 0 Å². The van der Waals surface area contributed by atoms with Crippen LogP contribution in [0.4, 0.5) is 0 Å². The first-order valence-electron chi connectivity index (χ1n) is 19.3. The summed E-state index contributed by atoms with van der Waals surface area (Å²) in [6.45, 7) is 0. The molecule has 2 nitrogen and oxygen atoms in total.